The lowest BCUT2D eigenvalue weighted by molar-refractivity contribution is 0.415. The van der Waals surface area contributed by atoms with Crippen LogP contribution < -0.4 is 10.2 Å². The van der Waals surface area contributed by atoms with Gasteiger partial charge in [0.2, 0.25) is 11.2 Å². The van der Waals surface area contributed by atoms with E-state index < -0.39 is 11.2 Å². The van der Waals surface area contributed by atoms with Crippen molar-refractivity contribution in [3.63, 3.8) is 0 Å². The summed E-state index contributed by atoms with van der Waals surface area (Å²) in [6.07, 6.45) is 0. The van der Waals surface area contributed by atoms with E-state index >= 15 is 0 Å². The van der Waals surface area contributed by atoms with Crippen LogP contribution in [0.25, 0.3) is 34.1 Å². The quantitative estimate of drug-likeness (QED) is 0.377. The van der Waals surface area contributed by atoms with E-state index in [0.717, 1.165) is 0 Å². The number of aromatic nitrogens is 2. The molecule has 0 unspecified atom stereocenters. The molecule has 3 N–H and O–H groups in total. The van der Waals surface area contributed by atoms with E-state index in [2.05, 4.69) is 9.97 Å². The molecule has 0 saturated heterocycles. The number of phenolic OH excluding ortho intramolecular Hbond substituents is 1. The summed E-state index contributed by atoms with van der Waals surface area (Å²) in [5.74, 6) is 0.300. The highest BCUT2D eigenvalue weighted by molar-refractivity contribution is 6.36. The zero-order chi connectivity index (χ0) is 22.3. The largest absolute Gasteiger partial charge is 0.506 e. The van der Waals surface area contributed by atoms with Gasteiger partial charge in [-0.15, -0.1) is 0 Å². The molecule has 0 bridgehead atoms. The number of nitrogens with one attached hydrogen (secondary N) is 1. The van der Waals surface area contributed by atoms with Gasteiger partial charge in [0.25, 0.3) is 0 Å². The number of methoxy groups -OCH3 is 1. The van der Waals surface area contributed by atoms with E-state index in [1.165, 1.54) is 18.2 Å². The highest BCUT2D eigenvalue weighted by Gasteiger charge is 2.23. The molecule has 31 heavy (non-hydrogen) atoms. The van der Waals surface area contributed by atoms with E-state index in [9.17, 15) is 15.0 Å². The van der Waals surface area contributed by atoms with Crippen LogP contribution in [0, 0.1) is 6.92 Å². The fourth-order valence-electron chi connectivity index (χ4n) is 3.14. The summed E-state index contributed by atoms with van der Waals surface area (Å²) in [6.45, 7) is 1.59. The zero-order valence-corrected chi connectivity index (χ0v) is 17.9. The molecule has 0 aliphatic rings. The first kappa shape index (κ1) is 20.8. The number of ether oxygens (including phenoxy) is 1. The second-order valence-electron chi connectivity index (χ2n) is 6.72. The van der Waals surface area contributed by atoms with E-state index in [1.54, 1.807) is 38.3 Å². The van der Waals surface area contributed by atoms with Crippen LogP contribution in [-0.4, -0.2) is 27.3 Å². The van der Waals surface area contributed by atoms with Crippen molar-refractivity contribution in [3.05, 3.63) is 68.5 Å². The van der Waals surface area contributed by atoms with Crippen LogP contribution in [0.5, 0.6) is 17.2 Å². The monoisotopic (exact) mass is 458 g/mol. The Morgan fingerprint density at radius 1 is 1.06 bits per heavy atom. The molecule has 9 heteroatoms. The Balaban J connectivity index is 2.00. The van der Waals surface area contributed by atoms with Gasteiger partial charge in [0, 0.05) is 16.7 Å². The number of halogens is 2. The summed E-state index contributed by atoms with van der Waals surface area (Å²) in [7, 11) is 1.55. The van der Waals surface area contributed by atoms with Gasteiger partial charge in [-0.2, -0.15) is 0 Å². The van der Waals surface area contributed by atoms with Crippen LogP contribution in [0.1, 0.15) is 5.76 Å². The average Bonchev–Trinajstić information content (AvgIpc) is 3.18. The smallest absolute Gasteiger partial charge is 0.227 e. The van der Waals surface area contributed by atoms with E-state index in [4.69, 9.17) is 32.4 Å². The maximum absolute atomic E-state index is 12.1. The van der Waals surface area contributed by atoms with Gasteiger partial charge in [0.15, 0.2) is 5.76 Å². The van der Waals surface area contributed by atoms with Gasteiger partial charge in [0.05, 0.1) is 17.7 Å². The zero-order valence-electron chi connectivity index (χ0n) is 16.4. The molecule has 4 rings (SSSR count). The third-order valence-corrected chi connectivity index (χ3v) is 5.13. The molecule has 158 valence electrons. The summed E-state index contributed by atoms with van der Waals surface area (Å²) in [5.41, 5.74) is 0.915. The predicted octanol–water partition coefficient (Wildman–Crippen LogP) is 5.40. The molecule has 2 aromatic carbocycles. The Kier molecular flexibility index (Phi) is 5.39. The van der Waals surface area contributed by atoms with Crippen molar-refractivity contribution in [2.75, 3.05) is 7.11 Å². The molecule has 2 aromatic heterocycles. The molecule has 4 aromatic rings. The molecular weight excluding hydrogens is 443 g/mol. The minimum atomic E-state index is -0.593. The Morgan fingerprint density at radius 3 is 2.45 bits per heavy atom. The molecule has 0 spiro atoms. The van der Waals surface area contributed by atoms with Crippen molar-refractivity contribution in [2.45, 2.75) is 6.92 Å². The molecule has 0 atom stereocenters. The third kappa shape index (κ3) is 3.85. The van der Waals surface area contributed by atoms with Gasteiger partial charge in [-0.05, 0) is 43.3 Å². The van der Waals surface area contributed by atoms with Crippen LogP contribution in [0.15, 0.2) is 51.7 Å². The summed E-state index contributed by atoms with van der Waals surface area (Å²) < 4.78 is 10.8. The van der Waals surface area contributed by atoms with Gasteiger partial charge < -0.3 is 24.4 Å². The maximum Gasteiger partial charge on any atom is 0.227 e. The lowest BCUT2D eigenvalue weighted by atomic mass is 10.1. The fraction of sp³-hybridized carbons (Fsp3) is 0.0909. The van der Waals surface area contributed by atoms with Gasteiger partial charge in [-0.25, -0.2) is 4.98 Å². The van der Waals surface area contributed by atoms with Gasteiger partial charge >= 0.3 is 0 Å². The molecule has 0 aliphatic carbocycles. The fourth-order valence-corrected chi connectivity index (χ4v) is 3.64. The number of nitrogens with zero attached hydrogens (tertiary/aromatic N) is 1. The summed E-state index contributed by atoms with van der Waals surface area (Å²) in [5, 5.41) is 21.2. The van der Waals surface area contributed by atoms with Crippen LogP contribution >= 0.6 is 23.2 Å². The second kappa shape index (κ2) is 8.02. The van der Waals surface area contributed by atoms with Crippen LogP contribution in [0.2, 0.25) is 10.0 Å². The van der Waals surface area contributed by atoms with E-state index in [0.29, 0.717) is 27.8 Å². The van der Waals surface area contributed by atoms with Gasteiger partial charge in [-0.3, -0.25) is 4.79 Å². The van der Waals surface area contributed by atoms with Crippen LogP contribution in [0.4, 0.5) is 0 Å². The highest BCUT2D eigenvalue weighted by atomic mass is 35.5. The maximum atomic E-state index is 12.1. The number of aromatic amines is 1. The lowest BCUT2D eigenvalue weighted by Crippen LogP contribution is -2.01. The van der Waals surface area contributed by atoms with Crippen molar-refractivity contribution >= 4 is 23.2 Å². The molecule has 0 amide bonds. The second-order valence-corrected chi connectivity index (χ2v) is 7.56. The number of hydrogen-bond donors (Lipinski definition) is 3. The summed E-state index contributed by atoms with van der Waals surface area (Å²) in [4.78, 5) is 19.7. The number of hydrogen-bond acceptors (Lipinski definition) is 6. The highest BCUT2D eigenvalue weighted by Crippen LogP contribution is 2.41. The Labute approximate surface area is 186 Å². The molecule has 0 radical (unpaired) electrons. The minimum Gasteiger partial charge on any atom is -0.506 e. The standard InChI is InChI=1S/C22H16Cl2N2O5/c1-10-7-16(27)20(29)21(31-10)18-17(11-3-5-13(30-2)6-4-11)25-22(26-18)14-8-12(23)9-15(24)19(14)28/h3-9,28-29H,1-2H3,(H,25,26). The van der Waals surface area contributed by atoms with Crippen LogP contribution in [-0.2, 0) is 0 Å². The van der Waals surface area contributed by atoms with Crippen molar-refractivity contribution in [3.8, 4) is 51.3 Å². The molecule has 0 saturated carbocycles. The van der Waals surface area contributed by atoms with Crippen molar-refractivity contribution in [2.24, 2.45) is 0 Å². The average molecular weight is 459 g/mol. The first-order chi connectivity index (χ1) is 14.8. The number of aryl methyl sites for hydroxylation is 1. The van der Waals surface area contributed by atoms with Crippen LogP contribution in [0.3, 0.4) is 0 Å². The summed E-state index contributed by atoms with van der Waals surface area (Å²) in [6, 6.07) is 11.1. The van der Waals surface area contributed by atoms with E-state index in [-0.39, 0.29) is 33.6 Å². The Bertz CT molecular complexity index is 1340. The predicted molar refractivity (Wildman–Crippen MR) is 118 cm³/mol. The SMILES string of the molecule is COc1ccc(-c2nc(-c3cc(Cl)cc(Cl)c3O)[nH]c2-c2oc(C)cc(=O)c2O)cc1. The minimum absolute atomic E-state index is 0.0522. The first-order valence-corrected chi connectivity index (χ1v) is 9.81. The number of rotatable bonds is 4. The van der Waals surface area contributed by atoms with Gasteiger partial charge in [0.1, 0.15) is 34.5 Å². The Hall–Kier alpha value is -3.42. The Morgan fingerprint density at radius 2 is 1.77 bits per heavy atom. The molecule has 0 fully saturated rings. The molecule has 2 heterocycles. The number of imidazole rings is 1. The normalized spacial score (nSPS) is 11.0. The number of benzene rings is 2. The molecule has 0 aliphatic heterocycles. The first-order valence-electron chi connectivity index (χ1n) is 9.05. The topological polar surface area (TPSA) is 109 Å². The number of phenols is 1. The lowest BCUT2D eigenvalue weighted by Gasteiger charge is -2.06. The van der Waals surface area contributed by atoms with Crippen molar-refractivity contribution in [1.29, 1.82) is 0 Å². The van der Waals surface area contributed by atoms with E-state index in [1.807, 2.05) is 0 Å². The van der Waals surface area contributed by atoms with Crippen molar-refractivity contribution in [1.82, 2.24) is 9.97 Å². The molecule has 7 nitrogen and oxygen atoms in total. The van der Waals surface area contributed by atoms with Crippen molar-refractivity contribution < 1.29 is 19.4 Å². The number of H-pyrrole nitrogens is 1. The number of aromatic hydroxyl groups is 2. The molecular formula is C22H16Cl2N2O5. The summed E-state index contributed by atoms with van der Waals surface area (Å²) >= 11 is 12.2. The third-order valence-electron chi connectivity index (χ3n) is 4.62. The van der Waals surface area contributed by atoms with Gasteiger partial charge in [-0.1, -0.05) is 23.2 Å².